The van der Waals surface area contributed by atoms with Crippen molar-refractivity contribution in [1.29, 1.82) is 0 Å². The second-order valence-electron chi connectivity index (χ2n) is 6.99. The maximum Gasteiger partial charge on any atom is 0.172 e. The zero-order chi connectivity index (χ0) is 12.9. The molecule has 2 bridgehead atoms. The number of rotatable bonds is 1. The van der Waals surface area contributed by atoms with E-state index >= 15 is 0 Å². The Morgan fingerprint density at radius 2 is 2.06 bits per heavy atom. The van der Waals surface area contributed by atoms with Gasteiger partial charge in [0.1, 0.15) is 5.78 Å². The van der Waals surface area contributed by atoms with Crippen molar-refractivity contribution in [3.05, 3.63) is 12.2 Å². The highest BCUT2D eigenvalue weighted by atomic mass is 16.1. The first kappa shape index (κ1) is 12.1. The summed E-state index contributed by atoms with van der Waals surface area (Å²) in [5, 5.41) is 0. The van der Waals surface area contributed by atoms with Gasteiger partial charge in [0, 0.05) is 19.3 Å². The number of fused-ring (bicyclic) bond motifs is 2. The van der Waals surface area contributed by atoms with Crippen molar-refractivity contribution in [3.8, 4) is 0 Å². The number of ketones is 1. The van der Waals surface area contributed by atoms with E-state index in [0.29, 0.717) is 29.6 Å². The zero-order valence-corrected chi connectivity index (χ0v) is 11.6. The van der Waals surface area contributed by atoms with Gasteiger partial charge >= 0.3 is 0 Å². The molecule has 0 radical (unpaired) electrons. The van der Waals surface area contributed by atoms with Crippen LogP contribution in [0, 0.1) is 17.3 Å². The molecule has 3 atom stereocenters. The van der Waals surface area contributed by atoms with Crippen LogP contribution in [0.2, 0.25) is 0 Å². The summed E-state index contributed by atoms with van der Waals surface area (Å²) < 4.78 is 0. The molecule has 18 heavy (non-hydrogen) atoms. The van der Waals surface area contributed by atoms with Gasteiger partial charge < -0.3 is 0 Å². The smallest absolute Gasteiger partial charge is 0.172 e. The van der Waals surface area contributed by atoms with Crippen LogP contribution in [0.3, 0.4) is 0 Å². The van der Waals surface area contributed by atoms with Crippen LogP contribution in [-0.4, -0.2) is 17.5 Å². The highest BCUT2D eigenvalue weighted by molar-refractivity contribution is 6.01. The van der Waals surface area contributed by atoms with Crippen molar-refractivity contribution in [1.82, 2.24) is 0 Å². The predicted octanol–water partition coefficient (Wildman–Crippen LogP) is 1.64. The fourth-order valence-corrected chi connectivity index (χ4v) is 4.16. The Kier molecular flexibility index (Phi) is 2.72. The van der Waals surface area contributed by atoms with Gasteiger partial charge in [-0.1, -0.05) is 20.4 Å². The van der Waals surface area contributed by atoms with E-state index in [1.807, 2.05) is 0 Å². The molecule has 4 saturated carbocycles. The first-order valence-corrected chi connectivity index (χ1v) is 7.30. The third kappa shape index (κ3) is 1.77. The van der Waals surface area contributed by atoms with Crippen LogP contribution in [0.4, 0.5) is 0 Å². The molecule has 0 saturated heterocycles. The summed E-state index contributed by atoms with van der Waals surface area (Å²) in [6.45, 7) is 9.09. The number of hydrogen-bond acceptors (Lipinski definition) is 1. The fourth-order valence-electron chi connectivity index (χ4n) is 4.16. The molecule has 0 amide bonds. The first-order chi connectivity index (χ1) is 8.48. The molecule has 4 rings (SSSR count). The van der Waals surface area contributed by atoms with Crippen LogP contribution in [0.5, 0.6) is 0 Å². The third-order valence-corrected chi connectivity index (χ3v) is 5.61. The molecule has 0 aromatic carbocycles. The number of hydrogen-bond donors (Lipinski definition) is 1. The maximum absolute atomic E-state index is 11.5. The molecule has 1 N–H and O–H groups in total. The van der Waals surface area contributed by atoms with Gasteiger partial charge in [0.15, 0.2) is 11.8 Å². The third-order valence-electron chi connectivity index (χ3n) is 5.61. The molecule has 0 aliphatic heterocycles. The van der Waals surface area contributed by atoms with E-state index in [-0.39, 0.29) is 0 Å². The van der Waals surface area contributed by atoms with Gasteiger partial charge in [-0.2, -0.15) is 0 Å². The van der Waals surface area contributed by atoms with Crippen molar-refractivity contribution in [2.75, 3.05) is 0 Å². The quantitative estimate of drug-likeness (QED) is 0.701. The molecule has 4 aliphatic carbocycles. The lowest BCUT2D eigenvalue weighted by Crippen LogP contribution is -2.83. The van der Waals surface area contributed by atoms with Crippen molar-refractivity contribution in [3.63, 3.8) is 0 Å². The second-order valence-corrected chi connectivity index (χ2v) is 6.99. The summed E-state index contributed by atoms with van der Waals surface area (Å²) in [6.07, 6.45) is 6.07. The van der Waals surface area contributed by atoms with Crippen LogP contribution < -0.4 is 4.99 Å². The largest absolute Gasteiger partial charge is 0.299 e. The molecule has 4 fully saturated rings. The topological polar surface area (TPSA) is 31.0 Å². The monoisotopic (exact) mass is 246 g/mol. The minimum Gasteiger partial charge on any atom is -0.299 e. The molecule has 4 aliphatic rings. The minimum atomic E-state index is 0.399. The van der Waals surface area contributed by atoms with Crippen LogP contribution in [-0.2, 0) is 4.79 Å². The van der Waals surface area contributed by atoms with Crippen molar-refractivity contribution < 1.29 is 9.79 Å². The summed E-state index contributed by atoms with van der Waals surface area (Å²) in [5.41, 5.74) is 3.10. The Balaban J connectivity index is 1.74. The van der Waals surface area contributed by atoms with Gasteiger partial charge in [-0.05, 0) is 35.7 Å². The van der Waals surface area contributed by atoms with Gasteiger partial charge in [-0.3, -0.25) is 4.79 Å². The Bertz CT molecular complexity index is 432. The molecule has 0 aromatic rings. The van der Waals surface area contributed by atoms with Crippen LogP contribution >= 0.6 is 0 Å². The SMILES string of the molecule is C=C1[C@H]([NH+]=C2CCCC(=O)C2)C[C@H]2C[C@@H]1C2(C)C. The molecule has 2 heteroatoms. The van der Waals surface area contributed by atoms with Gasteiger partial charge in [0.05, 0.1) is 6.42 Å². The average molecular weight is 246 g/mol. The van der Waals surface area contributed by atoms with E-state index in [2.05, 4.69) is 25.4 Å². The lowest BCUT2D eigenvalue weighted by atomic mass is 9.46. The normalized spacial score (nSPS) is 40.8. The minimum absolute atomic E-state index is 0.399. The average Bonchev–Trinajstić information content (AvgIpc) is 2.31. The molecular formula is C16H24NO+. The van der Waals surface area contributed by atoms with Gasteiger partial charge in [0.25, 0.3) is 0 Å². The van der Waals surface area contributed by atoms with E-state index in [0.717, 1.165) is 25.2 Å². The number of carbonyl (C=O) groups is 1. The van der Waals surface area contributed by atoms with E-state index in [9.17, 15) is 4.79 Å². The summed E-state index contributed by atoms with van der Waals surface area (Å²) >= 11 is 0. The molecule has 98 valence electrons. The molecule has 0 spiro atoms. The molecule has 0 unspecified atom stereocenters. The summed E-state index contributed by atoms with van der Waals surface area (Å²) in [6, 6.07) is 0.433. The Morgan fingerprint density at radius 1 is 1.28 bits per heavy atom. The maximum atomic E-state index is 11.5. The van der Waals surface area contributed by atoms with Crippen LogP contribution in [0.25, 0.3) is 0 Å². The lowest BCUT2D eigenvalue weighted by molar-refractivity contribution is -0.506. The second kappa shape index (κ2) is 4.04. The van der Waals surface area contributed by atoms with Crippen molar-refractivity contribution in [2.24, 2.45) is 17.3 Å². The lowest BCUT2D eigenvalue weighted by Gasteiger charge is -2.57. The van der Waals surface area contributed by atoms with Crippen LogP contribution in [0.15, 0.2) is 12.2 Å². The van der Waals surface area contributed by atoms with E-state index < -0.39 is 0 Å². The molecule has 0 aromatic heterocycles. The first-order valence-electron chi connectivity index (χ1n) is 7.30. The van der Waals surface area contributed by atoms with Crippen molar-refractivity contribution >= 4 is 11.5 Å². The highest BCUT2D eigenvalue weighted by Crippen LogP contribution is 2.60. The predicted molar refractivity (Wildman–Crippen MR) is 72.4 cm³/mol. The number of carbonyl (C=O) groups excluding carboxylic acids is 1. The van der Waals surface area contributed by atoms with E-state index in [1.165, 1.54) is 24.1 Å². The molecule has 2 nitrogen and oxygen atoms in total. The van der Waals surface area contributed by atoms with Gasteiger partial charge in [0.2, 0.25) is 0 Å². The van der Waals surface area contributed by atoms with E-state index in [1.54, 1.807) is 0 Å². The fraction of sp³-hybridized carbons (Fsp3) is 0.750. The summed E-state index contributed by atoms with van der Waals surface area (Å²) in [7, 11) is 0. The van der Waals surface area contributed by atoms with Gasteiger partial charge in [-0.15, -0.1) is 0 Å². The molecular weight excluding hydrogens is 222 g/mol. The Hall–Kier alpha value is -0.920. The van der Waals surface area contributed by atoms with Crippen molar-refractivity contribution in [2.45, 2.75) is 58.4 Å². The zero-order valence-electron chi connectivity index (χ0n) is 11.6. The summed E-state index contributed by atoms with van der Waals surface area (Å²) in [5.74, 6) is 1.93. The van der Waals surface area contributed by atoms with Crippen LogP contribution in [0.1, 0.15) is 52.4 Å². The van der Waals surface area contributed by atoms with E-state index in [4.69, 9.17) is 0 Å². The Labute approximate surface area is 110 Å². The van der Waals surface area contributed by atoms with Gasteiger partial charge in [-0.25, -0.2) is 4.99 Å². The number of nitrogens with one attached hydrogen (secondary N) is 1. The standard InChI is InChI=1S/C16H23NO/c1-10-14-7-11(16(14,2)3)8-15(10)17-12-5-4-6-13(18)9-12/h11,14-15H,1,4-9H2,2-3H3/p+1/t11-,14+,15-/m1/s1. The number of Topliss-reactive ketones (excluding diaryl/α,β-unsaturated/α-hetero) is 1. The highest BCUT2D eigenvalue weighted by Gasteiger charge is 2.56. The summed E-state index contributed by atoms with van der Waals surface area (Å²) in [4.78, 5) is 15.1. The molecule has 0 heterocycles. The Morgan fingerprint density at radius 3 is 2.67 bits per heavy atom.